The second kappa shape index (κ2) is 9.59. The molecular weight excluding hydrogens is 402 g/mol. The number of amides is 1. The van der Waals surface area contributed by atoms with E-state index in [9.17, 15) is 9.59 Å². The number of aromatic nitrogens is 2. The molecule has 0 radical (unpaired) electrons. The van der Waals surface area contributed by atoms with Gasteiger partial charge in [-0.3, -0.25) is 14.2 Å². The average Bonchev–Trinajstić information content (AvgIpc) is 3.14. The second-order valence-corrected chi connectivity index (χ2v) is 9.04. The molecule has 7 heteroatoms. The third-order valence-corrected chi connectivity index (χ3v) is 6.39. The van der Waals surface area contributed by atoms with Crippen molar-refractivity contribution in [1.29, 1.82) is 0 Å². The van der Waals surface area contributed by atoms with Gasteiger partial charge in [0, 0.05) is 13.1 Å². The van der Waals surface area contributed by atoms with E-state index in [0.717, 1.165) is 42.7 Å². The number of fused-ring (bicyclic) bond motifs is 1. The Labute approximate surface area is 179 Å². The summed E-state index contributed by atoms with van der Waals surface area (Å²) in [6, 6.07) is 7.92. The summed E-state index contributed by atoms with van der Waals surface area (Å²) in [7, 11) is 0. The van der Waals surface area contributed by atoms with Crippen LogP contribution in [0.4, 0.5) is 0 Å². The smallest absolute Gasteiger partial charge is 0.276 e. The van der Waals surface area contributed by atoms with Crippen LogP contribution in [0.3, 0.4) is 0 Å². The van der Waals surface area contributed by atoms with Crippen LogP contribution in [-0.4, -0.2) is 39.2 Å². The van der Waals surface area contributed by atoms with Crippen LogP contribution in [0, 0.1) is 13.8 Å². The summed E-state index contributed by atoms with van der Waals surface area (Å²) in [5.74, 6) is 0.359. The van der Waals surface area contributed by atoms with Crippen molar-refractivity contribution in [3.05, 3.63) is 51.1 Å². The van der Waals surface area contributed by atoms with Crippen LogP contribution in [0.5, 0.6) is 0 Å². The Morgan fingerprint density at radius 3 is 2.41 bits per heavy atom. The minimum atomic E-state index is -0.0797. The molecule has 3 aromatic rings. The van der Waals surface area contributed by atoms with E-state index in [1.165, 1.54) is 23.1 Å². The number of aryl methyl sites for hydroxylation is 2. The quantitative estimate of drug-likeness (QED) is 0.381. The number of benzene rings is 1. The molecule has 0 fully saturated rings. The van der Waals surface area contributed by atoms with E-state index >= 15 is 0 Å². The standard InChI is InChI=1S/C22H27N3O2S2/c1-5-8-24(9-6-2)19(26)14-29-22-23-18-7-10-28-20(18)21(27)25(22)17-12-15(3)11-16(4)13-17/h7,10-13H,5-6,8-9,14H2,1-4H3. The lowest BCUT2D eigenvalue weighted by Crippen LogP contribution is -2.34. The van der Waals surface area contributed by atoms with Gasteiger partial charge in [-0.05, 0) is 61.4 Å². The third kappa shape index (κ3) is 4.90. The first kappa shape index (κ1) is 21.6. The van der Waals surface area contributed by atoms with Gasteiger partial charge in [-0.15, -0.1) is 11.3 Å². The van der Waals surface area contributed by atoms with Gasteiger partial charge in [0.05, 0.1) is 17.0 Å². The monoisotopic (exact) mass is 429 g/mol. The van der Waals surface area contributed by atoms with Crippen LogP contribution in [-0.2, 0) is 4.79 Å². The zero-order valence-corrected chi connectivity index (χ0v) is 19.0. The van der Waals surface area contributed by atoms with Crippen molar-refractivity contribution in [2.75, 3.05) is 18.8 Å². The molecule has 0 spiro atoms. The largest absolute Gasteiger partial charge is 0.342 e. The molecule has 1 amide bonds. The molecule has 1 aromatic carbocycles. The normalized spacial score (nSPS) is 11.2. The van der Waals surface area contributed by atoms with E-state index in [1.807, 2.05) is 42.3 Å². The predicted molar refractivity (Wildman–Crippen MR) is 123 cm³/mol. The molecule has 5 nitrogen and oxygen atoms in total. The molecule has 0 saturated carbocycles. The van der Waals surface area contributed by atoms with Crippen molar-refractivity contribution in [3.63, 3.8) is 0 Å². The Hall–Kier alpha value is -2.12. The predicted octanol–water partition coefficient (Wildman–Crippen LogP) is 4.80. The summed E-state index contributed by atoms with van der Waals surface area (Å²) in [5, 5.41) is 2.45. The Bertz CT molecular complexity index is 1050. The van der Waals surface area contributed by atoms with Crippen molar-refractivity contribution in [1.82, 2.24) is 14.5 Å². The molecule has 0 aliphatic rings. The summed E-state index contributed by atoms with van der Waals surface area (Å²) in [4.78, 5) is 32.6. The number of thioether (sulfide) groups is 1. The van der Waals surface area contributed by atoms with Crippen molar-refractivity contribution in [2.45, 2.75) is 45.7 Å². The third-order valence-electron chi connectivity index (χ3n) is 4.58. The van der Waals surface area contributed by atoms with Crippen molar-refractivity contribution in [3.8, 4) is 5.69 Å². The molecular formula is C22H27N3O2S2. The first-order valence-corrected chi connectivity index (χ1v) is 11.8. The highest BCUT2D eigenvalue weighted by Crippen LogP contribution is 2.25. The second-order valence-electron chi connectivity index (χ2n) is 7.19. The summed E-state index contributed by atoms with van der Waals surface area (Å²) >= 11 is 2.74. The van der Waals surface area contributed by atoms with Crippen LogP contribution in [0.15, 0.2) is 39.6 Å². The zero-order chi connectivity index (χ0) is 21.0. The highest BCUT2D eigenvalue weighted by atomic mass is 32.2. The van der Waals surface area contributed by atoms with Crippen molar-refractivity contribution < 1.29 is 4.79 Å². The Morgan fingerprint density at radius 1 is 1.14 bits per heavy atom. The van der Waals surface area contributed by atoms with Crippen molar-refractivity contribution in [2.24, 2.45) is 0 Å². The molecule has 0 N–H and O–H groups in total. The lowest BCUT2D eigenvalue weighted by molar-refractivity contribution is -0.128. The maximum atomic E-state index is 13.2. The number of thiophene rings is 1. The summed E-state index contributed by atoms with van der Waals surface area (Å²) < 4.78 is 2.29. The van der Waals surface area contributed by atoms with Gasteiger partial charge in [-0.25, -0.2) is 4.98 Å². The number of carbonyl (C=O) groups excluding carboxylic acids is 1. The SMILES string of the molecule is CCCN(CCC)C(=O)CSc1nc2ccsc2c(=O)n1-c1cc(C)cc(C)c1. The first-order chi connectivity index (χ1) is 13.9. The van der Waals surface area contributed by atoms with Gasteiger partial charge in [0.2, 0.25) is 5.91 Å². The van der Waals surface area contributed by atoms with E-state index in [2.05, 4.69) is 19.9 Å². The fourth-order valence-electron chi connectivity index (χ4n) is 3.41. The van der Waals surface area contributed by atoms with Crippen LogP contribution < -0.4 is 5.56 Å². The summed E-state index contributed by atoms with van der Waals surface area (Å²) in [6.45, 7) is 9.70. The van der Waals surface area contributed by atoms with Crippen molar-refractivity contribution >= 4 is 39.2 Å². The molecule has 2 heterocycles. The Kier molecular flexibility index (Phi) is 7.14. The topological polar surface area (TPSA) is 55.2 Å². The first-order valence-electron chi connectivity index (χ1n) is 9.94. The van der Waals surface area contributed by atoms with E-state index < -0.39 is 0 Å². The molecule has 0 saturated heterocycles. The van der Waals surface area contributed by atoms with Gasteiger partial charge in [-0.2, -0.15) is 0 Å². The molecule has 154 valence electrons. The van der Waals surface area contributed by atoms with Gasteiger partial charge < -0.3 is 4.90 Å². The highest BCUT2D eigenvalue weighted by Gasteiger charge is 2.18. The van der Waals surface area contributed by atoms with Crippen LogP contribution >= 0.6 is 23.1 Å². The molecule has 0 aliphatic carbocycles. The lowest BCUT2D eigenvalue weighted by atomic mass is 10.1. The lowest BCUT2D eigenvalue weighted by Gasteiger charge is -2.21. The number of nitrogens with zero attached hydrogens (tertiary/aromatic N) is 3. The minimum Gasteiger partial charge on any atom is -0.342 e. The molecule has 29 heavy (non-hydrogen) atoms. The van der Waals surface area contributed by atoms with E-state index in [4.69, 9.17) is 4.98 Å². The number of carbonyl (C=O) groups is 1. The van der Waals surface area contributed by atoms with Gasteiger partial charge in [-0.1, -0.05) is 31.7 Å². The van der Waals surface area contributed by atoms with E-state index in [0.29, 0.717) is 15.4 Å². The molecule has 0 unspecified atom stereocenters. The molecule has 2 aromatic heterocycles. The fraction of sp³-hybridized carbons (Fsp3) is 0.409. The highest BCUT2D eigenvalue weighted by molar-refractivity contribution is 7.99. The van der Waals surface area contributed by atoms with Gasteiger partial charge in [0.1, 0.15) is 4.70 Å². The van der Waals surface area contributed by atoms with Gasteiger partial charge in [0.25, 0.3) is 5.56 Å². The van der Waals surface area contributed by atoms with Crippen LogP contribution in [0.2, 0.25) is 0 Å². The maximum Gasteiger partial charge on any atom is 0.276 e. The molecule has 0 aliphatic heterocycles. The summed E-state index contributed by atoms with van der Waals surface area (Å²) in [5.41, 5.74) is 3.58. The van der Waals surface area contributed by atoms with Crippen LogP contribution in [0.1, 0.15) is 37.8 Å². The van der Waals surface area contributed by atoms with Gasteiger partial charge in [0.15, 0.2) is 5.16 Å². The van der Waals surface area contributed by atoms with Gasteiger partial charge >= 0.3 is 0 Å². The minimum absolute atomic E-state index is 0.0797. The molecule has 0 bridgehead atoms. The Balaban J connectivity index is 2.00. The zero-order valence-electron chi connectivity index (χ0n) is 17.4. The number of hydrogen-bond acceptors (Lipinski definition) is 5. The van der Waals surface area contributed by atoms with Crippen LogP contribution in [0.25, 0.3) is 15.9 Å². The Morgan fingerprint density at radius 2 is 1.79 bits per heavy atom. The number of rotatable bonds is 8. The maximum absolute atomic E-state index is 13.2. The number of hydrogen-bond donors (Lipinski definition) is 0. The average molecular weight is 430 g/mol. The fourth-order valence-corrected chi connectivity index (χ4v) is 5.09. The molecule has 0 atom stereocenters. The van der Waals surface area contributed by atoms with E-state index in [-0.39, 0.29) is 17.2 Å². The molecule has 3 rings (SSSR count). The van der Waals surface area contributed by atoms with E-state index in [1.54, 1.807) is 4.57 Å². The summed E-state index contributed by atoms with van der Waals surface area (Å²) in [6.07, 6.45) is 1.87.